The van der Waals surface area contributed by atoms with Gasteiger partial charge in [-0.2, -0.15) is 0 Å². The van der Waals surface area contributed by atoms with Gasteiger partial charge < -0.3 is 5.11 Å². The molecule has 74 valence electrons. The van der Waals surface area contributed by atoms with Gasteiger partial charge in [-0.3, -0.25) is 0 Å². The number of aliphatic hydroxyl groups excluding tert-OH is 1. The third-order valence-corrected chi connectivity index (χ3v) is 4.78. The zero-order valence-corrected chi connectivity index (χ0v) is 11.8. The number of aliphatic hydroxyl groups is 1. The van der Waals surface area contributed by atoms with Crippen molar-refractivity contribution in [1.29, 1.82) is 0 Å². The smallest absolute Gasteiger partial charge is 0.0698 e. The standard InChI is InChI=1S/C10H8BrIOS/c11-3-6-5-14-9-2-1-8(12)7(4-13)10(6)9/h1-2,5,13H,3-4H2. The Bertz CT molecular complexity index is 466. The molecule has 0 aliphatic carbocycles. The summed E-state index contributed by atoms with van der Waals surface area (Å²) in [5.74, 6) is 0. The Labute approximate surface area is 108 Å². The van der Waals surface area contributed by atoms with Crippen LogP contribution in [-0.4, -0.2) is 5.11 Å². The second kappa shape index (κ2) is 4.47. The van der Waals surface area contributed by atoms with E-state index < -0.39 is 0 Å². The summed E-state index contributed by atoms with van der Waals surface area (Å²) in [5.41, 5.74) is 2.33. The average molecular weight is 383 g/mol. The van der Waals surface area contributed by atoms with Crippen molar-refractivity contribution in [2.24, 2.45) is 0 Å². The van der Waals surface area contributed by atoms with E-state index in [0.717, 1.165) is 14.5 Å². The second-order valence-corrected chi connectivity index (χ2v) is 5.59. The summed E-state index contributed by atoms with van der Waals surface area (Å²) >= 11 is 7.47. The van der Waals surface area contributed by atoms with Crippen molar-refractivity contribution in [3.05, 3.63) is 32.2 Å². The van der Waals surface area contributed by atoms with Crippen LogP contribution in [0.1, 0.15) is 11.1 Å². The fourth-order valence-corrected chi connectivity index (χ4v) is 3.76. The molecule has 14 heavy (non-hydrogen) atoms. The van der Waals surface area contributed by atoms with Crippen LogP contribution in [0.4, 0.5) is 0 Å². The summed E-state index contributed by atoms with van der Waals surface area (Å²) in [6.07, 6.45) is 0. The van der Waals surface area contributed by atoms with Gasteiger partial charge in [-0.05, 0) is 51.2 Å². The van der Waals surface area contributed by atoms with Crippen molar-refractivity contribution in [3.63, 3.8) is 0 Å². The monoisotopic (exact) mass is 382 g/mol. The van der Waals surface area contributed by atoms with Gasteiger partial charge in [-0.15, -0.1) is 11.3 Å². The van der Waals surface area contributed by atoms with Crippen molar-refractivity contribution in [1.82, 2.24) is 0 Å². The Hall–Kier alpha value is 0.350. The molecule has 0 spiro atoms. The van der Waals surface area contributed by atoms with Crippen LogP contribution in [0.2, 0.25) is 0 Å². The van der Waals surface area contributed by atoms with E-state index in [1.165, 1.54) is 15.6 Å². The number of halogens is 2. The third-order valence-electron chi connectivity index (χ3n) is 2.17. The molecule has 0 fully saturated rings. The lowest BCUT2D eigenvalue weighted by molar-refractivity contribution is 0.282. The number of alkyl halides is 1. The van der Waals surface area contributed by atoms with Crippen molar-refractivity contribution in [2.75, 3.05) is 0 Å². The Morgan fingerprint density at radius 3 is 2.86 bits per heavy atom. The van der Waals surface area contributed by atoms with Gasteiger partial charge >= 0.3 is 0 Å². The molecule has 0 radical (unpaired) electrons. The molecule has 1 aromatic carbocycles. The number of benzene rings is 1. The molecule has 0 amide bonds. The van der Waals surface area contributed by atoms with E-state index in [0.29, 0.717) is 0 Å². The lowest BCUT2D eigenvalue weighted by Gasteiger charge is -2.04. The van der Waals surface area contributed by atoms with Gasteiger partial charge in [-0.1, -0.05) is 15.9 Å². The summed E-state index contributed by atoms with van der Waals surface area (Å²) in [4.78, 5) is 0. The average Bonchev–Trinajstić information content (AvgIpc) is 2.61. The topological polar surface area (TPSA) is 20.2 Å². The molecule has 1 heterocycles. The molecule has 4 heteroatoms. The van der Waals surface area contributed by atoms with Gasteiger partial charge in [0.05, 0.1) is 6.61 Å². The molecule has 0 saturated carbocycles. The highest BCUT2D eigenvalue weighted by atomic mass is 127. The maximum Gasteiger partial charge on any atom is 0.0698 e. The summed E-state index contributed by atoms with van der Waals surface area (Å²) in [7, 11) is 0. The molecule has 0 atom stereocenters. The van der Waals surface area contributed by atoms with E-state index in [1.54, 1.807) is 11.3 Å². The number of hydrogen-bond donors (Lipinski definition) is 1. The first-order valence-electron chi connectivity index (χ1n) is 4.12. The quantitative estimate of drug-likeness (QED) is 0.617. The van der Waals surface area contributed by atoms with Crippen LogP contribution in [-0.2, 0) is 11.9 Å². The van der Waals surface area contributed by atoms with E-state index in [4.69, 9.17) is 0 Å². The van der Waals surface area contributed by atoms with Crippen LogP contribution in [0.15, 0.2) is 17.5 Å². The minimum Gasteiger partial charge on any atom is -0.392 e. The first-order valence-corrected chi connectivity index (χ1v) is 7.20. The van der Waals surface area contributed by atoms with Crippen LogP contribution in [0.3, 0.4) is 0 Å². The van der Waals surface area contributed by atoms with Crippen LogP contribution in [0.25, 0.3) is 10.1 Å². The van der Waals surface area contributed by atoms with Crippen LogP contribution < -0.4 is 0 Å². The lowest BCUT2D eigenvalue weighted by atomic mass is 10.1. The van der Waals surface area contributed by atoms with E-state index in [9.17, 15) is 5.11 Å². The highest BCUT2D eigenvalue weighted by molar-refractivity contribution is 14.1. The SMILES string of the molecule is OCc1c(I)ccc2scc(CBr)c12. The molecule has 0 aliphatic rings. The molecule has 1 nitrogen and oxygen atoms in total. The zero-order valence-electron chi connectivity index (χ0n) is 7.26. The number of hydrogen-bond acceptors (Lipinski definition) is 2. The molecule has 2 rings (SSSR count). The number of thiophene rings is 1. The van der Waals surface area contributed by atoms with Gasteiger partial charge in [-0.25, -0.2) is 0 Å². The molecule has 0 bridgehead atoms. The van der Waals surface area contributed by atoms with Gasteiger partial charge in [0, 0.05) is 19.0 Å². The van der Waals surface area contributed by atoms with E-state index >= 15 is 0 Å². The predicted octanol–water partition coefficient (Wildman–Crippen LogP) is 3.89. The minimum absolute atomic E-state index is 0.117. The van der Waals surface area contributed by atoms with Crippen molar-refractivity contribution in [3.8, 4) is 0 Å². The second-order valence-electron chi connectivity index (χ2n) is 2.95. The van der Waals surface area contributed by atoms with Crippen molar-refractivity contribution in [2.45, 2.75) is 11.9 Å². The highest BCUT2D eigenvalue weighted by Gasteiger charge is 2.10. The van der Waals surface area contributed by atoms with Crippen molar-refractivity contribution >= 4 is 59.9 Å². The van der Waals surface area contributed by atoms with Crippen LogP contribution >= 0.6 is 49.9 Å². The minimum atomic E-state index is 0.117. The fraction of sp³-hybridized carbons (Fsp3) is 0.200. The maximum absolute atomic E-state index is 9.34. The molecule has 0 unspecified atom stereocenters. The van der Waals surface area contributed by atoms with Crippen molar-refractivity contribution < 1.29 is 5.11 Å². The largest absolute Gasteiger partial charge is 0.392 e. The first-order chi connectivity index (χ1) is 6.77. The lowest BCUT2D eigenvalue weighted by Crippen LogP contribution is -1.90. The first kappa shape index (κ1) is 10.9. The zero-order chi connectivity index (χ0) is 10.1. The highest BCUT2D eigenvalue weighted by Crippen LogP contribution is 2.33. The molecular weight excluding hydrogens is 375 g/mol. The summed E-state index contributed by atoms with van der Waals surface area (Å²) in [5, 5.41) is 13.6. The Morgan fingerprint density at radius 1 is 1.43 bits per heavy atom. The molecule has 1 aromatic heterocycles. The molecule has 2 aromatic rings. The maximum atomic E-state index is 9.34. The van der Waals surface area contributed by atoms with E-state index in [1.807, 2.05) is 0 Å². The van der Waals surface area contributed by atoms with Gasteiger partial charge in [0.2, 0.25) is 0 Å². The fourth-order valence-electron chi connectivity index (χ4n) is 1.50. The summed E-state index contributed by atoms with van der Waals surface area (Å²) < 4.78 is 2.39. The van der Waals surface area contributed by atoms with E-state index in [2.05, 4.69) is 56.0 Å². The van der Waals surface area contributed by atoms with E-state index in [-0.39, 0.29) is 6.61 Å². The number of rotatable bonds is 2. The Kier molecular flexibility index (Phi) is 3.46. The Balaban J connectivity index is 2.81. The summed E-state index contributed by atoms with van der Waals surface area (Å²) in [6.45, 7) is 0.117. The van der Waals surface area contributed by atoms with Gasteiger partial charge in [0.15, 0.2) is 0 Å². The van der Waals surface area contributed by atoms with Gasteiger partial charge in [0.25, 0.3) is 0 Å². The normalized spacial score (nSPS) is 11.1. The van der Waals surface area contributed by atoms with Gasteiger partial charge in [0.1, 0.15) is 0 Å². The molecular formula is C10H8BrIOS. The molecule has 0 aliphatic heterocycles. The predicted molar refractivity (Wildman–Crippen MR) is 73.1 cm³/mol. The van der Waals surface area contributed by atoms with Crippen LogP contribution in [0.5, 0.6) is 0 Å². The Morgan fingerprint density at radius 2 is 2.21 bits per heavy atom. The number of fused-ring (bicyclic) bond motifs is 1. The molecule has 0 saturated heterocycles. The van der Waals surface area contributed by atoms with Crippen LogP contribution in [0, 0.1) is 3.57 Å². The summed E-state index contributed by atoms with van der Waals surface area (Å²) in [6, 6.07) is 4.18. The third kappa shape index (κ3) is 1.73. The molecule has 1 N–H and O–H groups in total.